The average molecular weight is 393 g/mol. The van der Waals surface area contributed by atoms with Crippen molar-refractivity contribution in [3.05, 3.63) is 42.0 Å². The largest absolute Gasteiger partial charge is 0.366 e. The Kier molecular flexibility index (Phi) is 5.12. The molecule has 0 saturated carbocycles. The van der Waals surface area contributed by atoms with Gasteiger partial charge in [-0.05, 0) is 24.5 Å². The quantitative estimate of drug-likeness (QED) is 0.808. The number of nitrogens with zero attached hydrogens (tertiary/aromatic N) is 1. The lowest BCUT2D eigenvalue weighted by Gasteiger charge is -2.21. The Bertz CT molecular complexity index is 938. The van der Waals surface area contributed by atoms with Crippen LogP contribution in [0.15, 0.2) is 36.4 Å². The highest BCUT2D eigenvalue weighted by Crippen LogP contribution is 2.35. The second kappa shape index (κ2) is 7.18. The molecule has 1 aliphatic heterocycles. The van der Waals surface area contributed by atoms with E-state index in [0.717, 1.165) is 16.7 Å². The number of rotatable bonds is 5. The molecule has 0 bridgehead atoms. The zero-order valence-electron chi connectivity index (χ0n) is 14.1. The normalized spacial score (nSPS) is 18.0. The highest BCUT2D eigenvalue weighted by molar-refractivity contribution is 7.88. The minimum atomic E-state index is -3.47. The van der Waals surface area contributed by atoms with Gasteiger partial charge in [0, 0.05) is 11.4 Å². The van der Waals surface area contributed by atoms with Crippen LogP contribution in [-0.4, -0.2) is 43.4 Å². The molecule has 1 atom stereocenters. The van der Waals surface area contributed by atoms with Gasteiger partial charge in [-0.25, -0.2) is 8.42 Å². The molecule has 0 aliphatic carbocycles. The summed E-state index contributed by atoms with van der Waals surface area (Å²) in [6.07, 6.45) is 2.15. The number of hydrogen-bond donors (Lipinski definition) is 2. The molecule has 0 radical (unpaired) electrons. The second-order valence-electron chi connectivity index (χ2n) is 6.10. The Hall–Kier alpha value is -2.23. The first-order valence-corrected chi connectivity index (χ1v) is 10.7. The van der Waals surface area contributed by atoms with Crippen LogP contribution in [0.25, 0.3) is 10.4 Å². The molecule has 138 valence electrons. The zero-order valence-corrected chi connectivity index (χ0v) is 15.8. The summed E-state index contributed by atoms with van der Waals surface area (Å²) in [5.74, 6) is -1.10. The summed E-state index contributed by atoms with van der Waals surface area (Å²) in [6, 6.07) is 10.3. The van der Waals surface area contributed by atoms with Crippen molar-refractivity contribution < 1.29 is 18.0 Å². The number of hydrogen-bond acceptors (Lipinski definition) is 5. The van der Waals surface area contributed by atoms with Gasteiger partial charge in [0.2, 0.25) is 15.9 Å². The van der Waals surface area contributed by atoms with E-state index in [-0.39, 0.29) is 5.56 Å². The molecule has 9 heteroatoms. The van der Waals surface area contributed by atoms with E-state index in [0.29, 0.717) is 24.4 Å². The number of primary amides is 1. The van der Waals surface area contributed by atoms with Crippen LogP contribution in [0.2, 0.25) is 0 Å². The average Bonchev–Trinajstić information content (AvgIpc) is 3.22. The van der Waals surface area contributed by atoms with Gasteiger partial charge >= 0.3 is 0 Å². The molecule has 3 N–H and O–H groups in total. The van der Waals surface area contributed by atoms with Crippen molar-refractivity contribution in [1.29, 1.82) is 0 Å². The number of sulfonamides is 1. The molecule has 3 rings (SSSR count). The van der Waals surface area contributed by atoms with Crippen LogP contribution in [0, 0.1) is 0 Å². The van der Waals surface area contributed by atoms with Gasteiger partial charge in [0.05, 0.1) is 11.8 Å². The summed E-state index contributed by atoms with van der Waals surface area (Å²) < 4.78 is 24.9. The molecule has 0 spiro atoms. The number of carbonyl (C=O) groups excluding carboxylic acids is 2. The molecule has 1 aromatic heterocycles. The monoisotopic (exact) mass is 393 g/mol. The van der Waals surface area contributed by atoms with Gasteiger partial charge in [-0.3, -0.25) is 9.59 Å². The molecule has 1 aliphatic rings. The summed E-state index contributed by atoms with van der Waals surface area (Å²) in [7, 11) is -3.47. The third-order valence-electron chi connectivity index (χ3n) is 4.22. The van der Waals surface area contributed by atoms with Gasteiger partial charge < -0.3 is 11.1 Å². The van der Waals surface area contributed by atoms with Gasteiger partial charge in [0.15, 0.2) is 0 Å². The van der Waals surface area contributed by atoms with Crippen molar-refractivity contribution in [3.63, 3.8) is 0 Å². The van der Waals surface area contributed by atoms with Crippen LogP contribution >= 0.6 is 11.3 Å². The van der Waals surface area contributed by atoms with Crippen molar-refractivity contribution in [3.8, 4) is 10.4 Å². The predicted molar refractivity (Wildman–Crippen MR) is 101 cm³/mol. The first-order chi connectivity index (χ1) is 12.3. The third kappa shape index (κ3) is 3.79. The molecular formula is C17H19N3O4S2. The summed E-state index contributed by atoms with van der Waals surface area (Å²) in [5.41, 5.74) is 6.56. The molecule has 2 aromatic rings. The fourth-order valence-corrected chi connectivity index (χ4v) is 5.20. The van der Waals surface area contributed by atoms with E-state index in [1.54, 1.807) is 6.07 Å². The van der Waals surface area contributed by atoms with E-state index >= 15 is 0 Å². The maximum Gasteiger partial charge on any atom is 0.251 e. The number of thiophene rings is 1. The standard InChI is InChI=1S/C17H19N3O4S2/c1-26(23,24)20-9-5-8-13(20)16(22)19-17-12(15(18)21)10-14(25-17)11-6-3-2-4-7-11/h2-4,6-7,10,13H,5,8-9H2,1H3,(H2,18,21)(H,19,22). The molecule has 1 unspecified atom stereocenters. The zero-order chi connectivity index (χ0) is 18.9. The van der Waals surface area contributed by atoms with Crippen LogP contribution in [-0.2, 0) is 14.8 Å². The highest BCUT2D eigenvalue weighted by atomic mass is 32.2. The van der Waals surface area contributed by atoms with Crippen molar-refractivity contribution in [2.75, 3.05) is 18.1 Å². The van der Waals surface area contributed by atoms with Crippen LogP contribution in [0.1, 0.15) is 23.2 Å². The minimum Gasteiger partial charge on any atom is -0.366 e. The number of benzene rings is 1. The molecular weight excluding hydrogens is 374 g/mol. The first kappa shape index (κ1) is 18.6. The van der Waals surface area contributed by atoms with Gasteiger partial charge in [-0.2, -0.15) is 4.31 Å². The number of anilines is 1. The van der Waals surface area contributed by atoms with E-state index in [1.165, 1.54) is 15.6 Å². The maximum absolute atomic E-state index is 12.6. The predicted octanol–water partition coefficient (Wildman–Crippen LogP) is 1.88. The Morgan fingerprint density at radius 2 is 1.96 bits per heavy atom. The summed E-state index contributed by atoms with van der Waals surface area (Å²) in [6.45, 7) is 0.319. The minimum absolute atomic E-state index is 0.214. The molecule has 1 fully saturated rings. The molecule has 1 aromatic carbocycles. The van der Waals surface area contributed by atoms with Gasteiger partial charge in [0.1, 0.15) is 11.0 Å². The first-order valence-electron chi connectivity index (χ1n) is 8.04. The highest BCUT2D eigenvalue weighted by Gasteiger charge is 2.37. The molecule has 26 heavy (non-hydrogen) atoms. The summed E-state index contributed by atoms with van der Waals surface area (Å²) >= 11 is 1.24. The van der Waals surface area contributed by atoms with Gasteiger partial charge in [-0.15, -0.1) is 11.3 Å². The second-order valence-corrected chi connectivity index (χ2v) is 9.09. The van der Waals surface area contributed by atoms with Crippen LogP contribution in [0.4, 0.5) is 5.00 Å². The molecule has 1 saturated heterocycles. The topological polar surface area (TPSA) is 110 Å². The van der Waals surface area contributed by atoms with E-state index < -0.39 is 27.9 Å². The molecule has 7 nitrogen and oxygen atoms in total. The fraction of sp³-hybridized carbons (Fsp3) is 0.294. The number of carbonyl (C=O) groups is 2. The van der Waals surface area contributed by atoms with Crippen LogP contribution in [0.3, 0.4) is 0 Å². The summed E-state index contributed by atoms with van der Waals surface area (Å²) in [4.78, 5) is 25.2. The van der Waals surface area contributed by atoms with Gasteiger partial charge in [0.25, 0.3) is 5.91 Å². The van der Waals surface area contributed by atoms with Gasteiger partial charge in [-0.1, -0.05) is 30.3 Å². The summed E-state index contributed by atoms with van der Waals surface area (Å²) in [5, 5.41) is 3.03. The Balaban J connectivity index is 1.88. The third-order valence-corrected chi connectivity index (χ3v) is 6.61. The van der Waals surface area contributed by atoms with Crippen molar-refractivity contribution >= 4 is 38.2 Å². The van der Waals surface area contributed by atoms with Crippen molar-refractivity contribution in [2.45, 2.75) is 18.9 Å². The lowest BCUT2D eigenvalue weighted by Crippen LogP contribution is -2.42. The van der Waals surface area contributed by atoms with Crippen LogP contribution in [0.5, 0.6) is 0 Å². The SMILES string of the molecule is CS(=O)(=O)N1CCCC1C(=O)Nc1sc(-c2ccccc2)cc1C(N)=O. The van der Waals surface area contributed by atoms with Crippen molar-refractivity contribution in [1.82, 2.24) is 4.31 Å². The lowest BCUT2D eigenvalue weighted by molar-refractivity contribution is -0.119. The smallest absolute Gasteiger partial charge is 0.251 e. The number of nitrogens with one attached hydrogen (secondary N) is 1. The number of nitrogens with two attached hydrogens (primary N) is 1. The van der Waals surface area contributed by atoms with E-state index in [4.69, 9.17) is 5.73 Å². The Labute approximate surface area is 155 Å². The Morgan fingerprint density at radius 3 is 2.58 bits per heavy atom. The molecule has 2 heterocycles. The van der Waals surface area contributed by atoms with Crippen LogP contribution < -0.4 is 11.1 Å². The van der Waals surface area contributed by atoms with Crippen molar-refractivity contribution in [2.24, 2.45) is 5.73 Å². The fourth-order valence-electron chi connectivity index (χ4n) is 3.01. The number of amides is 2. The maximum atomic E-state index is 12.6. The van der Waals surface area contributed by atoms with E-state index in [9.17, 15) is 18.0 Å². The molecule has 2 amide bonds. The van der Waals surface area contributed by atoms with E-state index in [2.05, 4.69) is 5.32 Å². The van der Waals surface area contributed by atoms with E-state index in [1.807, 2.05) is 30.3 Å². The Morgan fingerprint density at radius 1 is 1.27 bits per heavy atom. The lowest BCUT2D eigenvalue weighted by atomic mass is 10.1.